The van der Waals surface area contributed by atoms with E-state index >= 15 is 0 Å². The highest BCUT2D eigenvalue weighted by molar-refractivity contribution is 5.94. The number of ether oxygens (including phenoxy) is 1. The van der Waals surface area contributed by atoms with E-state index in [9.17, 15) is 9.90 Å². The molecule has 2 aromatic rings. The molecule has 6 heteroatoms. The molecule has 0 amide bonds. The third-order valence-electron chi connectivity index (χ3n) is 2.96. The van der Waals surface area contributed by atoms with Gasteiger partial charge < -0.3 is 9.84 Å². The zero-order valence-corrected chi connectivity index (χ0v) is 11.7. The number of aromatic hydroxyl groups is 1. The summed E-state index contributed by atoms with van der Waals surface area (Å²) in [6.45, 7) is 6.06. The van der Waals surface area contributed by atoms with Crippen LogP contribution in [-0.4, -0.2) is 33.1 Å². The molecule has 0 spiro atoms. The summed E-state index contributed by atoms with van der Waals surface area (Å²) in [5, 5.41) is 20.2. The lowest BCUT2D eigenvalue weighted by Crippen LogP contribution is -2.07. The van der Waals surface area contributed by atoms with Gasteiger partial charge in [-0.05, 0) is 30.5 Å². The molecule has 0 radical (unpaired) electrons. The zero-order valence-electron chi connectivity index (χ0n) is 11.7. The largest absolute Gasteiger partial charge is 0.507 e. The van der Waals surface area contributed by atoms with Crippen LogP contribution in [0.1, 0.15) is 42.7 Å². The number of benzene rings is 1. The zero-order chi connectivity index (χ0) is 14.7. The molecular formula is C14H17N3O3. The average Bonchev–Trinajstić information content (AvgIpc) is 2.88. The number of phenols is 1. The van der Waals surface area contributed by atoms with Crippen molar-refractivity contribution in [3.05, 3.63) is 29.5 Å². The van der Waals surface area contributed by atoms with Crippen LogP contribution in [0.15, 0.2) is 18.2 Å². The van der Waals surface area contributed by atoms with Crippen molar-refractivity contribution in [3.8, 4) is 17.0 Å². The van der Waals surface area contributed by atoms with Gasteiger partial charge in [0.2, 0.25) is 0 Å². The fraction of sp³-hybridized carbons (Fsp3) is 0.357. The van der Waals surface area contributed by atoms with Crippen molar-refractivity contribution >= 4 is 5.97 Å². The number of aromatic amines is 1. The van der Waals surface area contributed by atoms with Crippen molar-refractivity contribution in [2.24, 2.45) is 0 Å². The SMILES string of the molecule is CCOC(=O)c1n[nH]nc1-c1cc(C(C)C)ccc1O. The van der Waals surface area contributed by atoms with Crippen LogP contribution >= 0.6 is 0 Å². The third kappa shape index (κ3) is 2.64. The van der Waals surface area contributed by atoms with E-state index in [4.69, 9.17) is 4.74 Å². The standard InChI is InChI=1S/C14H17N3O3/c1-4-20-14(19)13-12(15-17-16-13)10-7-9(8(2)3)5-6-11(10)18/h5-8,18H,4H2,1-3H3,(H,15,16,17). The van der Waals surface area contributed by atoms with Crippen LogP contribution in [0.3, 0.4) is 0 Å². The van der Waals surface area contributed by atoms with Crippen molar-refractivity contribution in [1.82, 2.24) is 15.4 Å². The predicted molar refractivity (Wildman–Crippen MR) is 73.5 cm³/mol. The Morgan fingerprint density at radius 3 is 2.80 bits per heavy atom. The lowest BCUT2D eigenvalue weighted by molar-refractivity contribution is 0.0520. The average molecular weight is 275 g/mol. The molecule has 0 saturated heterocycles. The van der Waals surface area contributed by atoms with Crippen LogP contribution in [0.5, 0.6) is 5.75 Å². The maximum Gasteiger partial charge on any atom is 0.361 e. The number of carbonyl (C=O) groups excluding carboxylic acids is 1. The van der Waals surface area contributed by atoms with Crippen LogP contribution in [0, 0.1) is 0 Å². The molecule has 2 rings (SSSR count). The van der Waals surface area contributed by atoms with Gasteiger partial charge >= 0.3 is 5.97 Å². The highest BCUT2D eigenvalue weighted by Gasteiger charge is 2.21. The maximum absolute atomic E-state index is 11.8. The molecule has 0 fully saturated rings. The Balaban J connectivity index is 2.49. The van der Waals surface area contributed by atoms with E-state index in [0.717, 1.165) is 5.56 Å². The first kappa shape index (κ1) is 14.0. The lowest BCUT2D eigenvalue weighted by Gasteiger charge is -2.09. The van der Waals surface area contributed by atoms with Crippen molar-refractivity contribution in [2.45, 2.75) is 26.7 Å². The number of hydrogen-bond acceptors (Lipinski definition) is 5. The Morgan fingerprint density at radius 2 is 2.15 bits per heavy atom. The Kier molecular flexibility index (Phi) is 4.02. The Morgan fingerprint density at radius 1 is 1.40 bits per heavy atom. The highest BCUT2D eigenvalue weighted by Crippen LogP contribution is 2.32. The van der Waals surface area contributed by atoms with Gasteiger partial charge in [0, 0.05) is 5.56 Å². The van der Waals surface area contributed by atoms with Crippen LogP contribution in [-0.2, 0) is 4.74 Å². The summed E-state index contributed by atoms with van der Waals surface area (Å²) in [6, 6.07) is 5.24. The number of esters is 1. The molecule has 0 bridgehead atoms. The molecule has 0 unspecified atom stereocenters. The topological polar surface area (TPSA) is 88.1 Å². The van der Waals surface area contributed by atoms with Gasteiger partial charge in [0.05, 0.1) is 6.61 Å². The van der Waals surface area contributed by atoms with Gasteiger partial charge in [-0.3, -0.25) is 0 Å². The van der Waals surface area contributed by atoms with Crippen molar-refractivity contribution in [2.75, 3.05) is 6.61 Å². The molecule has 2 N–H and O–H groups in total. The summed E-state index contributed by atoms with van der Waals surface area (Å²) in [6.07, 6.45) is 0. The summed E-state index contributed by atoms with van der Waals surface area (Å²) < 4.78 is 4.92. The fourth-order valence-corrected chi connectivity index (χ4v) is 1.86. The van der Waals surface area contributed by atoms with E-state index in [0.29, 0.717) is 17.2 Å². The second-order valence-corrected chi connectivity index (χ2v) is 4.67. The van der Waals surface area contributed by atoms with Gasteiger partial charge in [0.25, 0.3) is 0 Å². The van der Waals surface area contributed by atoms with Gasteiger partial charge in [-0.1, -0.05) is 19.9 Å². The molecule has 106 valence electrons. The predicted octanol–water partition coefficient (Wildman–Crippen LogP) is 2.48. The number of phenolic OH excluding ortho intramolecular Hbond substituents is 1. The molecule has 0 aliphatic heterocycles. The molecule has 0 aliphatic rings. The first-order chi connectivity index (χ1) is 9.54. The molecule has 1 aromatic heterocycles. The van der Waals surface area contributed by atoms with Gasteiger partial charge in [0.15, 0.2) is 5.69 Å². The molecule has 0 atom stereocenters. The first-order valence-corrected chi connectivity index (χ1v) is 6.45. The molecular weight excluding hydrogens is 258 g/mol. The smallest absolute Gasteiger partial charge is 0.361 e. The van der Waals surface area contributed by atoms with Crippen LogP contribution in [0.25, 0.3) is 11.3 Å². The Hall–Kier alpha value is -2.37. The van der Waals surface area contributed by atoms with Gasteiger partial charge in [-0.2, -0.15) is 10.3 Å². The van der Waals surface area contributed by atoms with E-state index < -0.39 is 5.97 Å². The van der Waals surface area contributed by atoms with Crippen LogP contribution < -0.4 is 0 Å². The summed E-state index contributed by atoms with van der Waals surface area (Å²) in [7, 11) is 0. The Labute approximate surface area is 116 Å². The van der Waals surface area contributed by atoms with Crippen molar-refractivity contribution in [1.29, 1.82) is 0 Å². The summed E-state index contributed by atoms with van der Waals surface area (Å²) >= 11 is 0. The minimum atomic E-state index is -0.564. The van der Waals surface area contributed by atoms with Crippen LogP contribution in [0.4, 0.5) is 0 Å². The second-order valence-electron chi connectivity index (χ2n) is 4.67. The maximum atomic E-state index is 11.8. The van der Waals surface area contributed by atoms with Gasteiger partial charge in [-0.15, -0.1) is 5.10 Å². The first-order valence-electron chi connectivity index (χ1n) is 6.45. The summed E-state index contributed by atoms with van der Waals surface area (Å²) in [5.41, 5.74) is 1.87. The molecule has 0 saturated carbocycles. The van der Waals surface area contributed by atoms with Gasteiger partial charge in [-0.25, -0.2) is 4.79 Å². The van der Waals surface area contributed by atoms with E-state index in [1.165, 1.54) is 0 Å². The molecule has 0 aliphatic carbocycles. The summed E-state index contributed by atoms with van der Waals surface area (Å²) in [5.74, 6) is -0.216. The van der Waals surface area contributed by atoms with Gasteiger partial charge in [0.1, 0.15) is 11.4 Å². The Bertz CT molecular complexity index is 620. The molecule has 1 aromatic carbocycles. The molecule has 20 heavy (non-hydrogen) atoms. The number of aromatic nitrogens is 3. The van der Waals surface area contributed by atoms with E-state index in [-0.39, 0.29) is 18.1 Å². The highest BCUT2D eigenvalue weighted by atomic mass is 16.5. The van der Waals surface area contributed by atoms with Crippen molar-refractivity contribution in [3.63, 3.8) is 0 Å². The number of nitrogens with one attached hydrogen (secondary N) is 1. The number of carbonyl (C=O) groups is 1. The van der Waals surface area contributed by atoms with E-state index in [1.807, 2.05) is 19.9 Å². The fourth-order valence-electron chi connectivity index (χ4n) is 1.86. The third-order valence-corrected chi connectivity index (χ3v) is 2.96. The number of H-pyrrole nitrogens is 1. The van der Waals surface area contributed by atoms with E-state index in [1.54, 1.807) is 19.1 Å². The second kappa shape index (κ2) is 5.73. The lowest BCUT2D eigenvalue weighted by atomic mass is 9.98. The minimum Gasteiger partial charge on any atom is -0.507 e. The number of rotatable bonds is 4. The number of nitrogens with zero attached hydrogens (tertiary/aromatic N) is 2. The normalized spacial score (nSPS) is 10.8. The van der Waals surface area contributed by atoms with Crippen molar-refractivity contribution < 1.29 is 14.6 Å². The minimum absolute atomic E-state index is 0.0499. The van der Waals surface area contributed by atoms with Crippen LogP contribution in [0.2, 0.25) is 0 Å². The molecule has 1 heterocycles. The molecule has 6 nitrogen and oxygen atoms in total. The monoisotopic (exact) mass is 275 g/mol. The summed E-state index contributed by atoms with van der Waals surface area (Å²) in [4.78, 5) is 11.8. The number of hydrogen-bond donors (Lipinski definition) is 2. The quantitative estimate of drug-likeness (QED) is 0.837. The van der Waals surface area contributed by atoms with E-state index in [2.05, 4.69) is 15.4 Å².